The molecule has 0 amide bonds. The monoisotopic (exact) mass is 590 g/mol. The number of amidine groups is 1. The van der Waals surface area contributed by atoms with Gasteiger partial charge in [-0.15, -0.1) is 0 Å². The van der Waals surface area contributed by atoms with Crippen LogP contribution < -0.4 is 17.3 Å². The minimum atomic E-state index is -0.422. The van der Waals surface area contributed by atoms with Gasteiger partial charge in [0.2, 0.25) is 0 Å². The van der Waals surface area contributed by atoms with E-state index in [-0.39, 0.29) is 36.9 Å². The molecule has 6 nitrogen and oxygen atoms in total. The van der Waals surface area contributed by atoms with Crippen molar-refractivity contribution in [3.63, 3.8) is 0 Å². The van der Waals surface area contributed by atoms with Gasteiger partial charge in [-0.2, -0.15) is 10.2 Å². The quantitative estimate of drug-likeness (QED) is 0.105. The van der Waals surface area contributed by atoms with E-state index in [0.29, 0.717) is 10.0 Å². The van der Waals surface area contributed by atoms with E-state index in [1.54, 1.807) is 6.07 Å². The number of nitrogens with zero attached hydrogens (tertiary/aromatic N) is 4. The van der Waals surface area contributed by atoms with Crippen LogP contribution in [0, 0.1) is 10.1 Å². The smallest absolute Gasteiger partial charge is 1.00 e. The normalized spacial score (nSPS) is 17.2. The van der Waals surface area contributed by atoms with Crippen molar-refractivity contribution in [3.8, 4) is 0 Å². The number of fused-ring (bicyclic) bond motifs is 1. The fourth-order valence-corrected chi connectivity index (χ4v) is 4.21. The summed E-state index contributed by atoms with van der Waals surface area (Å²) in [6.45, 7) is 0.819. The van der Waals surface area contributed by atoms with Crippen LogP contribution in [0.5, 0.6) is 0 Å². The molecule has 4 rings (SSSR count). The molecule has 0 unspecified atom stereocenters. The van der Waals surface area contributed by atoms with Crippen molar-refractivity contribution in [3.05, 3.63) is 81.3 Å². The largest absolute Gasteiger partial charge is 2.00 e. The number of thiophene rings is 1. The topological polar surface area (TPSA) is 71.1 Å². The Morgan fingerprint density at radius 3 is 2.30 bits per heavy atom. The zero-order chi connectivity index (χ0) is 21.9. The summed E-state index contributed by atoms with van der Waals surface area (Å²) >= 11 is 6.40. The van der Waals surface area contributed by atoms with Crippen molar-refractivity contribution in [2.24, 2.45) is 10.2 Å². The molecule has 1 aromatic heterocycles. The van der Waals surface area contributed by atoms with Gasteiger partial charge in [0.15, 0.2) is 0 Å². The molecular formula is C23H25ClN4O2RuS2. The van der Waals surface area contributed by atoms with Gasteiger partial charge in [0, 0.05) is 23.5 Å². The number of hydrogen-bond donors (Lipinski definition) is 0. The standard InChI is InChI=1S/C15H14N4O2S2.C8H12.ClH.Ru/c20-19(21)14-8-7-12(23-14)10-16-17-15(22)18-9-3-5-11-4-1-2-6-13(11)18;1-2-4-6-8-7-5-3-1;;/h1-2,4,6-8,10H,3,5,9H2,(H,17,22);1-2,7-8H,3-6H2;1H;/q;;;+2/p-2/b16-10-;2-1-,8-7-;;. The fraction of sp³-hybridized carbons (Fsp3) is 0.304. The molecule has 0 bridgehead atoms. The Labute approximate surface area is 223 Å². The van der Waals surface area contributed by atoms with Gasteiger partial charge in [0.05, 0.1) is 16.0 Å². The molecule has 1 aliphatic heterocycles. The summed E-state index contributed by atoms with van der Waals surface area (Å²) in [4.78, 5) is 12.9. The second kappa shape index (κ2) is 15.8. The molecule has 0 atom stereocenters. The van der Waals surface area contributed by atoms with E-state index in [9.17, 15) is 10.1 Å². The van der Waals surface area contributed by atoms with Gasteiger partial charge >= 0.3 is 24.5 Å². The Bertz CT molecular complexity index is 982. The number of aryl methyl sites for hydroxylation is 1. The summed E-state index contributed by atoms with van der Waals surface area (Å²) in [5.41, 5.74) is 2.34. The van der Waals surface area contributed by atoms with Gasteiger partial charge in [-0.05, 0) is 56.2 Å². The maximum absolute atomic E-state index is 10.6. The second-order valence-electron chi connectivity index (χ2n) is 7.04. The minimum Gasteiger partial charge on any atom is -1.00 e. The molecule has 10 heteroatoms. The maximum Gasteiger partial charge on any atom is 2.00 e. The molecule has 1 aliphatic carbocycles. The zero-order valence-electron chi connectivity index (χ0n) is 18.0. The summed E-state index contributed by atoms with van der Waals surface area (Å²) in [5, 5.41) is 19.2. The first kappa shape index (κ1) is 29.1. The number of allylic oxidation sites excluding steroid dienone is 4. The Morgan fingerprint density at radius 2 is 1.70 bits per heavy atom. The van der Waals surface area contributed by atoms with E-state index in [1.807, 2.05) is 23.1 Å². The van der Waals surface area contributed by atoms with Gasteiger partial charge in [0.1, 0.15) is 0 Å². The van der Waals surface area contributed by atoms with E-state index < -0.39 is 4.92 Å². The third kappa shape index (κ3) is 9.45. The molecule has 2 aliphatic rings. The first-order chi connectivity index (χ1) is 15.1. The minimum absolute atomic E-state index is 0. The van der Waals surface area contributed by atoms with Crippen LogP contribution in [0.1, 0.15) is 42.5 Å². The van der Waals surface area contributed by atoms with E-state index in [1.165, 1.54) is 43.5 Å². The summed E-state index contributed by atoms with van der Waals surface area (Å²) in [5.74, 6) is 0. The molecule has 2 aromatic rings. The van der Waals surface area contributed by atoms with Gasteiger partial charge < -0.3 is 29.9 Å². The van der Waals surface area contributed by atoms with Crippen molar-refractivity contribution >= 4 is 46.0 Å². The van der Waals surface area contributed by atoms with Crippen LogP contribution in [0.25, 0.3) is 0 Å². The SMILES string of the molecule is C1=C\CC/C=C\CC/1.O=[N+]([O-])c1ccc(/C=N\N=C(/[S-])N2CCCc3ccccc32)s1.[Cl-].[Ru+2]. The van der Waals surface area contributed by atoms with Gasteiger partial charge in [0.25, 0.3) is 0 Å². The van der Waals surface area contributed by atoms with E-state index in [0.717, 1.165) is 36.4 Å². The Kier molecular flexibility index (Phi) is 14.0. The molecule has 0 fully saturated rings. The summed E-state index contributed by atoms with van der Waals surface area (Å²) < 4.78 is 0. The zero-order valence-corrected chi connectivity index (χ0v) is 22.1. The molecule has 0 saturated heterocycles. The van der Waals surface area contributed by atoms with Crippen molar-refractivity contribution in [2.45, 2.75) is 38.5 Å². The number of nitro groups is 1. The maximum atomic E-state index is 10.6. The number of rotatable bonds is 3. The summed E-state index contributed by atoms with van der Waals surface area (Å²) in [7, 11) is 0. The van der Waals surface area contributed by atoms with E-state index in [4.69, 9.17) is 12.6 Å². The van der Waals surface area contributed by atoms with Crippen molar-refractivity contribution in [2.75, 3.05) is 11.4 Å². The van der Waals surface area contributed by atoms with Crippen LogP contribution in [0.15, 0.2) is 70.9 Å². The molecule has 0 N–H and O–H groups in total. The summed E-state index contributed by atoms with van der Waals surface area (Å²) in [6.07, 6.45) is 17.5. The van der Waals surface area contributed by atoms with Crippen LogP contribution in [0.4, 0.5) is 10.7 Å². The fourth-order valence-electron chi connectivity index (χ4n) is 3.29. The van der Waals surface area contributed by atoms with Crippen molar-refractivity contribution in [1.82, 2.24) is 0 Å². The van der Waals surface area contributed by atoms with Crippen LogP contribution in [0.2, 0.25) is 0 Å². The first-order valence-corrected chi connectivity index (χ1v) is 11.6. The third-order valence-electron chi connectivity index (χ3n) is 4.80. The second-order valence-corrected chi connectivity index (χ2v) is 8.50. The predicted molar refractivity (Wildman–Crippen MR) is 132 cm³/mol. The van der Waals surface area contributed by atoms with Crippen LogP contribution >= 0.6 is 11.3 Å². The van der Waals surface area contributed by atoms with Crippen molar-refractivity contribution in [1.29, 1.82) is 0 Å². The first-order valence-electron chi connectivity index (χ1n) is 10.3. The predicted octanol–water partition coefficient (Wildman–Crippen LogP) is 3.02. The average Bonchev–Trinajstić information content (AvgIpc) is 3.22. The van der Waals surface area contributed by atoms with Gasteiger partial charge in [-0.25, -0.2) is 0 Å². The average molecular weight is 590 g/mol. The Morgan fingerprint density at radius 1 is 1.06 bits per heavy atom. The molecule has 2 heterocycles. The van der Waals surface area contributed by atoms with E-state index in [2.05, 4.69) is 40.6 Å². The molecule has 0 radical (unpaired) electrons. The molecular weight excluding hydrogens is 565 g/mol. The number of anilines is 1. The molecule has 33 heavy (non-hydrogen) atoms. The molecule has 1 aromatic carbocycles. The molecule has 0 spiro atoms. The van der Waals surface area contributed by atoms with Crippen LogP contribution in [0.3, 0.4) is 0 Å². The molecule has 176 valence electrons. The molecule has 0 saturated carbocycles. The number of halogens is 1. The van der Waals surface area contributed by atoms with Gasteiger partial charge in [-0.1, -0.05) is 53.8 Å². The number of benzene rings is 1. The Hall–Kier alpha value is -1.93. The van der Waals surface area contributed by atoms with E-state index >= 15 is 0 Å². The van der Waals surface area contributed by atoms with Crippen LogP contribution in [-0.4, -0.2) is 22.9 Å². The third-order valence-corrected chi connectivity index (χ3v) is 6.07. The van der Waals surface area contributed by atoms with Gasteiger partial charge in [-0.3, -0.25) is 10.1 Å². The van der Waals surface area contributed by atoms with Crippen LogP contribution in [-0.2, 0) is 38.5 Å². The Balaban J connectivity index is 0.000000465. The summed E-state index contributed by atoms with van der Waals surface area (Å²) in [6, 6.07) is 11.2. The van der Waals surface area contributed by atoms with Crippen molar-refractivity contribution < 1.29 is 36.8 Å². The number of para-hydroxylation sites is 1. The number of hydrogen-bond acceptors (Lipinski definition) is 6.